The van der Waals surface area contributed by atoms with Crippen molar-refractivity contribution in [1.29, 1.82) is 0 Å². The zero-order valence-corrected chi connectivity index (χ0v) is 20.8. The van der Waals surface area contributed by atoms with Gasteiger partial charge in [0.25, 0.3) is 10.0 Å². The van der Waals surface area contributed by atoms with E-state index in [0.29, 0.717) is 18.2 Å². The van der Waals surface area contributed by atoms with Crippen molar-refractivity contribution in [2.75, 3.05) is 16.6 Å². The van der Waals surface area contributed by atoms with Crippen molar-refractivity contribution in [3.05, 3.63) is 108 Å². The first kappa shape index (κ1) is 22.7. The van der Waals surface area contributed by atoms with Gasteiger partial charge in [-0.2, -0.15) is 0 Å². The molecule has 6 heteroatoms. The molecule has 36 heavy (non-hydrogen) atoms. The van der Waals surface area contributed by atoms with Gasteiger partial charge in [0.15, 0.2) is 0 Å². The van der Waals surface area contributed by atoms with Crippen molar-refractivity contribution in [3.63, 3.8) is 0 Å². The first-order valence-corrected chi connectivity index (χ1v) is 13.8. The predicted octanol–water partition coefficient (Wildman–Crippen LogP) is 6.87. The summed E-state index contributed by atoms with van der Waals surface area (Å²) in [5.74, 6) is 1.34. The Hall–Kier alpha value is -3.77. The molecule has 1 heterocycles. The van der Waals surface area contributed by atoms with Crippen LogP contribution in [0.25, 0.3) is 10.8 Å². The summed E-state index contributed by atoms with van der Waals surface area (Å²) in [6.07, 6.45) is 5.38. The first-order chi connectivity index (χ1) is 17.5. The Balaban J connectivity index is 1.32. The highest BCUT2D eigenvalue weighted by molar-refractivity contribution is 7.92. The van der Waals surface area contributed by atoms with Crippen LogP contribution in [0, 0.1) is 5.92 Å². The summed E-state index contributed by atoms with van der Waals surface area (Å²) >= 11 is 0. The van der Waals surface area contributed by atoms with Crippen LogP contribution in [0.2, 0.25) is 0 Å². The van der Waals surface area contributed by atoms with E-state index in [1.165, 1.54) is 5.56 Å². The number of rotatable bonds is 6. The quantitative estimate of drug-likeness (QED) is 0.286. The van der Waals surface area contributed by atoms with E-state index >= 15 is 0 Å². The van der Waals surface area contributed by atoms with Gasteiger partial charge in [0.05, 0.1) is 23.2 Å². The van der Waals surface area contributed by atoms with Gasteiger partial charge in [-0.3, -0.25) is 4.72 Å². The van der Waals surface area contributed by atoms with Gasteiger partial charge in [-0.25, -0.2) is 8.42 Å². The van der Waals surface area contributed by atoms with Gasteiger partial charge in [0.1, 0.15) is 5.75 Å². The Morgan fingerprint density at radius 1 is 0.972 bits per heavy atom. The fourth-order valence-electron chi connectivity index (χ4n) is 5.53. The highest BCUT2D eigenvalue weighted by atomic mass is 32.2. The summed E-state index contributed by atoms with van der Waals surface area (Å²) in [6, 6.07) is 27.3. The summed E-state index contributed by atoms with van der Waals surface area (Å²) in [4.78, 5) is 0.273. The number of allylic oxidation sites excluding steroid dienone is 2. The number of fused-ring (bicyclic) bond motifs is 4. The molecular weight excluding hydrogens is 468 g/mol. The lowest BCUT2D eigenvalue weighted by molar-refractivity contribution is 0.340. The number of ether oxygens (including phenoxy) is 1. The van der Waals surface area contributed by atoms with Gasteiger partial charge in [-0.15, -0.1) is 0 Å². The minimum absolute atomic E-state index is 0.143. The molecule has 0 amide bonds. The van der Waals surface area contributed by atoms with Crippen LogP contribution < -0.4 is 14.8 Å². The molecule has 1 aliphatic heterocycles. The van der Waals surface area contributed by atoms with Crippen LogP contribution in [0.3, 0.4) is 0 Å². The fourth-order valence-corrected chi connectivity index (χ4v) is 6.64. The smallest absolute Gasteiger partial charge is 0.261 e. The summed E-state index contributed by atoms with van der Waals surface area (Å²) < 4.78 is 35.3. The maximum Gasteiger partial charge on any atom is 0.261 e. The van der Waals surface area contributed by atoms with Crippen molar-refractivity contribution in [2.45, 2.75) is 30.2 Å². The Morgan fingerprint density at radius 2 is 1.78 bits per heavy atom. The van der Waals surface area contributed by atoms with E-state index in [2.05, 4.69) is 34.3 Å². The summed E-state index contributed by atoms with van der Waals surface area (Å²) in [5.41, 5.74) is 3.79. The van der Waals surface area contributed by atoms with Gasteiger partial charge >= 0.3 is 0 Å². The second kappa shape index (κ2) is 9.03. The molecule has 0 saturated carbocycles. The second-order valence-electron chi connectivity index (χ2n) is 9.36. The van der Waals surface area contributed by atoms with E-state index in [1.807, 2.05) is 67.6 Å². The van der Waals surface area contributed by atoms with E-state index < -0.39 is 10.0 Å². The molecule has 4 aromatic rings. The Bertz CT molecular complexity index is 1560. The third-order valence-corrected chi connectivity index (χ3v) is 8.59. The van der Waals surface area contributed by atoms with Gasteiger partial charge in [0.2, 0.25) is 0 Å². The average Bonchev–Trinajstić information content (AvgIpc) is 3.39. The van der Waals surface area contributed by atoms with Gasteiger partial charge in [-0.1, -0.05) is 60.7 Å². The summed E-state index contributed by atoms with van der Waals surface area (Å²) in [6.45, 7) is 2.62. The molecule has 2 aliphatic rings. The normalized spacial score (nSPS) is 20.4. The highest BCUT2D eigenvalue weighted by Gasteiger charge is 2.38. The molecule has 182 valence electrons. The minimum Gasteiger partial charge on any atom is -0.494 e. The molecule has 2 N–H and O–H groups in total. The van der Waals surface area contributed by atoms with Crippen molar-refractivity contribution >= 4 is 32.2 Å². The zero-order chi connectivity index (χ0) is 24.7. The topological polar surface area (TPSA) is 67.4 Å². The van der Waals surface area contributed by atoms with E-state index in [1.54, 1.807) is 12.1 Å². The van der Waals surface area contributed by atoms with Gasteiger partial charge in [-0.05, 0) is 72.2 Å². The monoisotopic (exact) mass is 496 g/mol. The van der Waals surface area contributed by atoms with Gasteiger partial charge < -0.3 is 10.1 Å². The lowest BCUT2D eigenvalue weighted by Gasteiger charge is -2.37. The summed E-state index contributed by atoms with van der Waals surface area (Å²) in [7, 11) is -3.76. The lowest BCUT2D eigenvalue weighted by atomic mass is 9.77. The van der Waals surface area contributed by atoms with E-state index in [9.17, 15) is 8.42 Å². The average molecular weight is 497 g/mol. The fraction of sp³-hybridized carbons (Fsp3) is 0.200. The Kier molecular flexibility index (Phi) is 5.69. The third kappa shape index (κ3) is 4.01. The first-order valence-electron chi connectivity index (χ1n) is 12.3. The molecule has 0 saturated heterocycles. The number of nitrogens with one attached hydrogen (secondary N) is 2. The molecule has 5 nitrogen and oxygen atoms in total. The van der Waals surface area contributed by atoms with E-state index in [0.717, 1.165) is 34.2 Å². The Morgan fingerprint density at radius 3 is 2.61 bits per heavy atom. The van der Waals surface area contributed by atoms with Crippen LogP contribution in [-0.4, -0.2) is 15.0 Å². The van der Waals surface area contributed by atoms with Crippen LogP contribution >= 0.6 is 0 Å². The van der Waals surface area contributed by atoms with Crippen molar-refractivity contribution in [3.8, 4) is 5.75 Å². The molecule has 0 unspecified atom stereocenters. The molecule has 4 aromatic carbocycles. The number of benzene rings is 4. The third-order valence-electron chi connectivity index (χ3n) is 7.23. The van der Waals surface area contributed by atoms with Crippen LogP contribution in [0.4, 0.5) is 11.4 Å². The van der Waals surface area contributed by atoms with Crippen molar-refractivity contribution in [1.82, 2.24) is 0 Å². The number of hydrogen-bond donors (Lipinski definition) is 2. The molecule has 0 aromatic heterocycles. The lowest BCUT2D eigenvalue weighted by Crippen LogP contribution is -2.29. The molecule has 0 spiro atoms. The number of sulfonamides is 1. The molecule has 0 fully saturated rings. The zero-order valence-electron chi connectivity index (χ0n) is 20.0. The minimum atomic E-state index is -3.76. The van der Waals surface area contributed by atoms with Crippen LogP contribution in [0.15, 0.2) is 102 Å². The molecule has 0 bridgehead atoms. The van der Waals surface area contributed by atoms with Crippen molar-refractivity contribution < 1.29 is 13.2 Å². The standard InChI is InChI=1S/C30H28N2O3S/c1-2-35-22-15-13-21(14-16-22)30-26-11-6-10-25(26)27-19-23(17-18-28(27)31-30)36(33,34)32-29-12-5-8-20-7-3-4-9-24(20)29/h3-10,12-19,25-26,30-32H,2,11H2,1H3/t25-,26+,30-/m0/s1. The maximum absolute atomic E-state index is 13.4. The largest absolute Gasteiger partial charge is 0.494 e. The molecule has 0 radical (unpaired) electrons. The summed E-state index contributed by atoms with van der Waals surface area (Å²) in [5, 5.41) is 5.56. The van der Waals surface area contributed by atoms with E-state index in [4.69, 9.17) is 4.74 Å². The van der Waals surface area contributed by atoms with Crippen LogP contribution in [-0.2, 0) is 10.0 Å². The second-order valence-corrected chi connectivity index (χ2v) is 11.0. The number of hydrogen-bond acceptors (Lipinski definition) is 4. The number of anilines is 2. The molecular formula is C30H28N2O3S. The van der Waals surface area contributed by atoms with E-state index in [-0.39, 0.29) is 16.9 Å². The Labute approximate surface area is 211 Å². The highest BCUT2D eigenvalue weighted by Crippen LogP contribution is 2.50. The SMILES string of the molecule is CCOc1ccc([C@@H]2Nc3ccc(S(=O)(=O)Nc4cccc5ccccc45)cc3[C@H]3C=CC[C@H]32)cc1. The van der Waals surface area contributed by atoms with Crippen LogP contribution in [0.1, 0.15) is 36.4 Å². The predicted molar refractivity (Wildman–Crippen MR) is 145 cm³/mol. The molecule has 6 rings (SSSR count). The van der Waals surface area contributed by atoms with Crippen molar-refractivity contribution in [2.24, 2.45) is 5.92 Å². The van der Waals surface area contributed by atoms with Crippen LogP contribution in [0.5, 0.6) is 5.75 Å². The molecule has 1 aliphatic carbocycles. The molecule has 3 atom stereocenters. The van der Waals surface area contributed by atoms with Gasteiger partial charge in [0, 0.05) is 17.0 Å². The maximum atomic E-state index is 13.4.